The van der Waals surface area contributed by atoms with Gasteiger partial charge in [-0.3, -0.25) is 4.79 Å². The molecule has 0 aliphatic carbocycles. The summed E-state index contributed by atoms with van der Waals surface area (Å²) in [6, 6.07) is 3.33. The number of benzene rings is 1. The fourth-order valence-corrected chi connectivity index (χ4v) is 1.85. The number of aliphatic hydroxyl groups excluding tert-OH is 1. The van der Waals surface area contributed by atoms with E-state index in [4.69, 9.17) is 0 Å². The van der Waals surface area contributed by atoms with Gasteiger partial charge in [0.1, 0.15) is 11.6 Å². The summed E-state index contributed by atoms with van der Waals surface area (Å²) in [5.74, 6) is -1.05. The fourth-order valence-electron chi connectivity index (χ4n) is 1.85. The topological polar surface area (TPSA) is 49.3 Å². The van der Waals surface area contributed by atoms with E-state index in [1.807, 2.05) is 6.92 Å². The molecule has 2 N–H and O–H groups in total. The lowest BCUT2D eigenvalue weighted by Crippen LogP contribution is -2.26. The predicted octanol–water partition coefficient (Wildman–Crippen LogP) is 2.56. The van der Waals surface area contributed by atoms with Gasteiger partial charge in [0, 0.05) is 13.0 Å². The Bertz CT molecular complexity index is 438. The van der Waals surface area contributed by atoms with Crippen molar-refractivity contribution in [1.82, 2.24) is 5.32 Å². The van der Waals surface area contributed by atoms with Crippen molar-refractivity contribution in [3.8, 4) is 0 Å². The number of carbonyl (C=O) groups is 1. The van der Waals surface area contributed by atoms with Crippen molar-refractivity contribution in [2.75, 3.05) is 6.54 Å². The Hall–Kier alpha value is -1.49. The van der Waals surface area contributed by atoms with Gasteiger partial charge in [0.2, 0.25) is 5.91 Å². The van der Waals surface area contributed by atoms with Crippen LogP contribution in [0.5, 0.6) is 0 Å². The van der Waals surface area contributed by atoms with Gasteiger partial charge in [-0.2, -0.15) is 0 Å². The molecular weight excluding hydrogens is 264 g/mol. The minimum absolute atomic E-state index is 0.134. The molecule has 1 amide bonds. The number of hydrogen-bond donors (Lipinski definition) is 2. The largest absolute Gasteiger partial charge is 0.393 e. The molecule has 0 heterocycles. The molecule has 1 atom stereocenters. The van der Waals surface area contributed by atoms with Crippen LogP contribution in [0.3, 0.4) is 0 Å². The molecule has 3 nitrogen and oxygen atoms in total. The van der Waals surface area contributed by atoms with Gasteiger partial charge in [0.05, 0.1) is 6.10 Å². The van der Waals surface area contributed by atoms with Gasteiger partial charge in [-0.25, -0.2) is 8.78 Å². The van der Waals surface area contributed by atoms with Crippen LogP contribution in [0.2, 0.25) is 0 Å². The number of hydrogen-bond acceptors (Lipinski definition) is 2. The Morgan fingerprint density at radius 3 is 2.85 bits per heavy atom. The summed E-state index contributed by atoms with van der Waals surface area (Å²) in [5.41, 5.74) is 0.291. The Kier molecular flexibility index (Phi) is 7.15. The zero-order valence-corrected chi connectivity index (χ0v) is 11.7. The lowest BCUT2D eigenvalue weighted by Gasteiger charge is -2.09. The molecule has 0 aliphatic heterocycles. The molecule has 112 valence electrons. The van der Waals surface area contributed by atoms with Crippen LogP contribution in [0.25, 0.3) is 0 Å². The van der Waals surface area contributed by atoms with Crippen molar-refractivity contribution in [3.05, 3.63) is 35.4 Å². The molecule has 1 unspecified atom stereocenters. The Balaban J connectivity index is 2.23. The number of aryl methyl sites for hydroxylation is 1. The summed E-state index contributed by atoms with van der Waals surface area (Å²) < 4.78 is 26.3. The minimum atomic E-state index is -0.473. The fraction of sp³-hybridized carbons (Fsp3) is 0.533. The summed E-state index contributed by atoms with van der Waals surface area (Å²) in [6.07, 6.45) is 1.85. The molecule has 0 saturated heterocycles. The first-order valence-electron chi connectivity index (χ1n) is 6.91. The summed E-state index contributed by atoms with van der Waals surface area (Å²) >= 11 is 0. The molecule has 0 bridgehead atoms. The van der Waals surface area contributed by atoms with Crippen molar-refractivity contribution in [3.63, 3.8) is 0 Å². The van der Waals surface area contributed by atoms with Crippen LogP contribution in [0, 0.1) is 11.6 Å². The summed E-state index contributed by atoms with van der Waals surface area (Å²) in [4.78, 5) is 11.5. The normalized spacial score (nSPS) is 12.2. The van der Waals surface area contributed by atoms with Gasteiger partial charge in [-0.1, -0.05) is 6.92 Å². The molecule has 1 aromatic rings. The lowest BCUT2D eigenvalue weighted by atomic mass is 10.1. The Morgan fingerprint density at radius 2 is 2.15 bits per heavy atom. The molecule has 1 rings (SSSR count). The first-order valence-corrected chi connectivity index (χ1v) is 6.91. The summed E-state index contributed by atoms with van der Waals surface area (Å²) in [5, 5.41) is 12.0. The number of rotatable bonds is 8. The third kappa shape index (κ3) is 6.10. The van der Waals surface area contributed by atoms with E-state index >= 15 is 0 Å². The van der Waals surface area contributed by atoms with E-state index in [1.165, 1.54) is 0 Å². The minimum Gasteiger partial charge on any atom is -0.393 e. The second-order valence-electron chi connectivity index (χ2n) is 4.79. The monoisotopic (exact) mass is 285 g/mol. The molecule has 0 saturated carbocycles. The van der Waals surface area contributed by atoms with Gasteiger partial charge >= 0.3 is 0 Å². The van der Waals surface area contributed by atoms with Gasteiger partial charge < -0.3 is 10.4 Å². The van der Waals surface area contributed by atoms with Crippen LogP contribution in [-0.2, 0) is 11.2 Å². The molecule has 0 aliphatic rings. The molecule has 0 spiro atoms. The van der Waals surface area contributed by atoms with Gasteiger partial charge in [-0.15, -0.1) is 0 Å². The highest BCUT2D eigenvalue weighted by molar-refractivity contribution is 5.75. The van der Waals surface area contributed by atoms with E-state index in [2.05, 4.69) is 5.32 Å². The van der Waals surface area contributed by atoms with Crippen molar-refractivity contribution in [2.24, 2.45) is 0 Å². The molecule has 0 aromatic heterocycles. The van der Waals surface area contributed by atoms with Crippen LogP contribution in [-0.4, -0.2) is 23.7 Å². The standard InChI is InChI=1S/C15H21F2NO2/c1-2-13(19)8-9-18-15(20)5-3-4-11-10-12(16)6-7-14(11)17/h6-7,10,13,19H,2-5,8-9H2,1H3,(H,18,20). The first-order chi connectivity index (χ1) is 9.52. The van der Waals surface area contributed by atoms with E-state index in [0.29, 0.717) is 37.8 Å². The zero-order valence-electron chi connectivity index (χ0n) is 11.7. The zero-order chi connectivity index (χ0) is 15.0. The number of amides is 1. The maximum absolute atomic E-state index is 13.3. The second-order valence-corrected chi connectivity index (χ2v) is 4.79. The van der Waals surface area contributed by atoms with Gasteiger partial charge in [0.15, 0.2) is 0 Å². The maximum atomic E-state index is 13.3. The Morgan fingerprint density at radius 1 is 1.40 bits per heavy atom. The quantitative estimate of drug-likeness (QED) is 0.771. The van der Waals surface area contributed by atoms with Crippen LogP contribution in [0.4, 0.5) is 8.78 Å². The van der Waals surface area contributed by atoms with E-state index in [-0.39, 0.29) is 12.3 Å². The molecule has 0 radical (unpaired) electrons. The summed E-state index contributed by atoms with van der Waals surface area (Å²) in [6.45, 7) is 2.31. The van der Waals surface area contributed by atoms with Crippen LogP contribution in [0.15, 0.2) is 18.2 Å². The third-order valence-electron chi connectivity index (χ3n) is 3.13. The van der Waals surface area contributed by atoms with E-state index < -0.39 is 17.7 Å². The second kappa shape index (κ2) is 8.64. The SMILES string of the molecule is CCC(O)CCNC(=O)CCCc1cc(F)ccc1F. The van der Waals surface area contributed by atoms with Gasteiger partial charge in [-0.05, 0) is 49.4 Å². The molecule has 1 aromatic carbocycles. The highest BCUT2D eigenvalue weighted by Gasteiger charge is 2.07. The first kappa shape index (κ1) is 16.6. The van der Waals surface area contributed by atoms with Gasteiger partial charge in [0.25, 0.3) is 0 Å². The van der Waals surface area contributed by atoms with Crippen molar-refractivity contribution in [1.29, 1.82) is 0 Å². The van der Waals surface area contributed by atoms with Crippen molar-refractivity contribution < 1.29 is 18.7 Å². The molecular formula is C15H21F2NO2. The van der Waals surface area contributed by atoms with E-state index in [0.717, 1.165) is 18.2 Å². The lowest BCUT2D eigenvalue weighted by molar-refractivity contribution is -0.121. The average molecular weight is 285 g/mol. The molecule has 20 heavy (non-hydrogen) atoms. The molecule has 5 heteroatoms. The number of halogens is 2. The molecule has 0 fully saturated rings. The van der Waals surface area contributed by atoms with Crippen LogP contribution in [0.1, 0.15) is 38.2 Å². The highest BCUT2D eigenvalue weighted by Crippen LogP contribution is 2.12. The highest BCUT2D eigenvalue weighted by atomic mass is 19.1. The number of aliphatic hydroxyl groups is 1. The third-order valence-corrected chi connectivity index (χ3v) is 3.13. The number of nitrogens with one attached hydrogen (secondary N) is 1. The average Bonchev–Trinajstić information content (AvgIpc) is 2.42. The summed E-state index contributed by atoms with van der Waals surface area (Å²) in [7, 11) is 0. The maximum Gasteiger partial charge on any atom is 0.220 e. The van der Waals surface area contributed by atoms with Crippen molar-refractivity contribution >= 4 is 5.91 Å². The number of carbonyl (C=O) groups excluding carboxylic acids is 1. The van der Waals surface area contributed by atoms with Crippen molar-refractivity contribution in [2.45, 2.75) is 45.1 Å². The van der Waals surface area contributed by atoms with E-state index in [9.17, 15) is 18.7 Å². The Labute approximate surface area is 118 Å². The van der Waals surface area contributed by atoms with Crippen LogP contribution < -0.4 is 5.32 Å². The predicted molar refractivity (Wildman–Crippen MR) is 73.2 cm³/mol. The smallest absolute Gasteiger partial charge is 0.220 e. The van der Waals surface area contributed by atoms with E-state index in [1.54, 1.807) is 0 Å². The van der Waals surface area contributed by atoms with Crippen LogP contribution >= 0.6 is 0 Å².